The van der Waals surface area contributed by atoms with Gasteiger partial charge in [0.05, 0.1) is 0 Å². The summed E-state index contributed by atoms with van der Waals surface area (Å²) in [6, 6.07) is 1.81. The van der Waals surface area contributed by atoms with Gasteiger partial charge in [-0.3, -0.25) is 4.90 Å². The summed E-state index contributed by atoms with van der Waals surface area (Å²) in [6.07, 6.45) is 3.09. The van der Waals surface area contributed by atoms with Crippen molar-refractivity contribution in [2.45, 2.75) is 38.8 Å². The highest BCUT2D eigenvalue weighted by Gasteiger charge is 2.60. The maximum absolute atomic E-state index is 2.73. The molecule has 3 fully saturated rings. The molecule has 2 saturated carbocycles. The fraction of sp³-hybridized carbons (Fsp3) is 1.00. The van der Waals surface area contributed by atoms with Crippen molar-refractivity contribution in [1.29, 1.82) is 0 Å². The van der Waals surface area contributed by atoms with Crippen molar-refractivity contribution in [2.24, 2.45) is 17.8 Å². The number of hydrogen-bond donors (Lipinski definition) is 0. The van der Waals surface area contributed by atoms with Crippen LogP contribution in [-0.2, 0) is 0 Å². The zero-order valence-corrected chi connectivity index (χ0v) is 7.46. The Kier molecular flexibility index (Phi) is 1.07. The Morgan fingerprint density at radius 2 is 2.00 bits per heavy atom. The molecule has 0 aromatic rings. The van der Waals surface area contributed by atoms with Gasteiger partial charge in [0.15, 0.2) is 0 Å². The van der Waals surface area contributed by atoms with Gasteiger partial charge in [0, 0.05) is 18.6 Å². The van der Waals surface area contributed by atoms with Crippen LogP contribution in [0.2, 0.25) is 0 Å². The van der Waals surface area contributed by atoms with Crippen LogP contribution in [0.4, 0.5) is 0 Å². The van der Waals surface area contributed by atoms with Crippen LogP contribution in [0.3, 0.4) is 0 Å². The number of nitrogens with zero attached hydrogens (tertiary/aromatic N) is 1. The van der Waals surface area contributed by atoms with Crippen molar-refractivity contribution < 1.29 is 0 Å². The lowest BCUT2D eigenvalue weighted by Crippen LogP contribution is -2.53. The maximum Gasteiger partial charge on any atom is 0.0135 e. The van der Waals surface area contributed by atoms with E-state index in [2.05, 4.69) is 18.7 Å². The summed E-state index contributed by atoms with van der Waals surface area (Å²) in [4.78, 5) is 2.73. The predicted molar refractivity (Wildman–Crippen MR) is 45.3 cm³/mol. The minimum Gasteiger partial charge on any atom is -0.297 e. The van der Waals surface area contributed by atoms with Crippen LogP contribution in [0.1, 0.15) is 26.7 Å². The van der Waals surface area contributed by atoms with Gasteiger partial charge in [0.2, 0.25) is 0 Å². The Morgan fingerprint density at radius 1 is 1.18 bits per heavy atom. The molecule has 0 bridgehead atoms. The zero-order chi connectivity index (χ0) is 7.59. The molecule has 3 aliphatic rings. The Bertz CT molecular complexity index is 187. The fourth-order valence-electron chi connectivity index (χ4n) is 3.60. The first-order valence-corrected chi connectivity index (χ1v) is 5.03. The average molecular weight is 151 g/mol. The molecule has 1 nitrogen and oxygen atoms in total. The molecular weight excluding hydrogens is 134 g/mol. The van der Waals surface area contributed by atoms with Gasteiger partial charge in [-0.1, -0.05) is 0 Å². The van der Waals surface area contributed by atoms with E-state index in [1.807, 2.05) is 0 Å². The number of likely N-dealkylation sites (tertiary alicyclic amines) is 1. The van der Waals surface area contributed by atoms with Crippen LogP contribution < -0.4 is 0 Å². The third-order valence-corrected chi connectivity index (χ3v) is 4.22. The van der Waals surface area contributed by atoms with Gasteiger partial charge in [-0.2, -0.15) is 0 Å². The van der Waals surface area contributed by atoms with Crippen molar-refractivity contribution in [3.63, 3.8) is 0 Å². The molecule has 1 heterocycles. The van der Waals surface area contributed by atoms with Crippen LogP contribution in [0.5, 0.6) is 0 Å². The minimum atomic E-state index is 0.798. The van der Waals surface area contributed by atoms with E-state index in [1.165, 1.54) is 13.0 Å². The third-order valence-electron chi connectivity index (χ3n) is 4.22. The Morgan fingerprint density at radius 3 is 2.55 bits per heavy atom. The van der Waals surface area contributed by atoms with E-state index < -0.39 is 0 Å². The molecule has 3 rings (SSSR count). The number of rotatable bonds is 1. The molecular formula is C10H17N. The lowest BCUT2D eigenvalue weighted by atomic mass is 9.53. The van der Waals surface area contributed by atoms with Gasteiger partial charge < -0.3 is 0 Å². The summed E-state index contributed by atoms with van der Waals surface area (Å²) >= 11 is 0. The molecule has 4 atom stereocenters. The lowest BCUT2D eigenvalue weighted by molar-refractivity contribution is -0.0288. The minimum absolute atomic E-state index is 0.798. The molecule has 1 heteroatoms. The topological polar surface area (TPSA) is 3.24 Å². The first kappa shape index (κ1) is 6.47. The van der Waals surface area contributed by atoms with E-state index >= 15 is 0 Å². The molecule has 1 saturated heterocycles. The smallest absolute Gasteiger partial charge is 0.0135 e. The highest BCUT2D eigenvalue weighted by atomic mass is 15.2. The lowest BCUT2D eigenvalue weighted by Gasteiger charge is -2.53. The van der Waals surface area contributed by atoms with Crippen LogP contribution in [-0.4, -0.2) is 23.5 Å². The highest BCUT2D eigenvalue weighted by molar-refractivity contribution is 5.12. The molecule has 11 heavy (non-hydrogen) atoms. The second kappa shape index (κ2) is 1.82. The fourth-order valence-corrected chi connectivity index (χ4v) is 3.60. The normalized spacial score (nSPS) is 53.7. The highest BCUT2D eigenvalue weighted by Crippen LogP contribution is 2.60. The molecule has 0 amide bonds. The van der Waals surface area contributed by atoms with Crippen molar-refractivity contribution >= 4 is 0 Å². The molecule has 0 aromatic carbocycles. The van der Waals surface area contributed by atoms with E-state index in [0.29, 0.717) is 0 Å². The summed E-state index contributed by atoms with van der Waals surface area (Å²) < 4.78 is 0. The molecule has 62 valence electrons. The monoisotopic (exact) mass is 151 g/mol. The van der Waals surface area contributed by atoms with Gasteiger partial charge in [-0.25, -0.2) is 0 Å². The Balaban J connectivity index is 1.80. The van der Waals surface area contributed by atoms with E-state index in [9.17, 15) is 0 Å². The van der Waals surface area contributed by atoms with Crippen LogP contribution in [0.25, 0.3) is 0 Å². The van der Waals surface area contributed by atoms with Gasteiger partial charge in [0.25, 0.3) is 0 Å². The zero-order valence-electron chi connectivity index (χ0n) is 7.46. The number of hydrogen-bond acceptors (Lipinski definition) is 1. The third kappa shape index (κ3) is 0.618. The van der Waals surface area contributed by atoms with Crippen molar-refractivity contribution in [2.75, 3.05) is 6.54 Å². The van der Waals surface area contributed by atoms with Gasteiger partial charge in [-0.15, -0.1) is 0 Å². The van der Waals surface area contributed by atoms with E-state index in [4.69, 9.17) is 0 Å². The Hall–Kier alpha value is -0.0400. The van der Waals surface area contributed by atoms with Crippen LogP contribution >= 0.6 is 0 Å². The van der Waals surface area contributed by atoms with E-state index in [-0.39, 0.29) is 0 Å². The molecule has 0 spiro atoms. The standard InChI is InChI=1S/C10H17N/c1-6(2)11-5-8-3-7-4-9(11)10(7)8/h6-10H,3-5H2,1-2H3/t7?,8-,9?,10?/m1/s1. The van der Waals surface area contributed by atoms with E-state index in [1.54, 1.807) is 6.42 Å². The van der Waals surface area contributed by atoms with Crippen molar-refractivity contribution in [3.8, 4) is 0 Å². The molecule has 3 unspecified atom stereocenters. The molecule has 0 N–H and O–H groups in total. The van der Waals surface area contributed by atoms with Crippen LogP contribution in [0.15, 0.2) is 0 Å². The quantitative estimate of drug-likeness (QED) is 0.551. The summed E-state index contributed by atoms with van der Waals surface area (Å²) in [7, 11) is 0. The largest absolute Gasteiger partial charge is 0.297 e. The molecule has 1 aliphatic heterocycles. The maximum atomic E-state index is 2.73. The van der Waals surface area contributed by atoms with Gasteiger partial charge in [0.1, 0.15) is 0 Å². The van der Waals surface area contributed by atoms with Crippen LogP contribution in [0, 0.1) is 17.8 Å². The second-order valence-electron chi connectivity index (χ2n) is 4.93. The van der Waals surface area contributed by atoms with Crippen molar-refractivity contribution in [3.05, 3.63) is 0 Å². The predicted octanol–water partition coefficient (Wildman–Crippen LogP) is 1.74. The van der Waals surface area contributed by atoms with E-state index in [0.717, 1.165) is 29.8 Å². The molecule has 0 aromatic heterocycles. The average Bonchev–Trinajstić information content (AvgIpc) is 2.12. The summed E-state index contributed by atoms with van der Waals surface area (Å²) in [5.74, 6) is 3.42. The summed E-state index contributed by atoms with van der Waals surface area (Å²) in [5.41, 5.74) is 0. The van der Waals surface area contributed by atoms with Crippen molar-refractivity contribution in [1.82, 2.24) is 4.90 Å². The summed E-state index contributed by atoms with van der Waals surface area (Å²) in [6.45, 7) is 6.11. The molecule has 2 aliphatic carbocycles. The second-order valence-corrected chi connectivity index (χ2v) is 4.93. The SMILES string of the molecule is CC(C)N1C[C@H]2CC3CC1C32. The van der Waals surface area contributed by atoms with Gasteiger partial charge in [-0.05, 0) is 44.4 Å². The summed E-state index contributed by atoms with van der Waals surface area (Å²) in [5, 5.41) is 0. The first-order chi connectivity index (χ1) is 5.27. The first-order valence-electron chi connectivity index (χ1n) is 5.03. The van der Waals surface area contributed by atoms with Gasteiger partial charge >= 0.3 is 0 Å². The Labute approximate surface area is 68.8 Å². The molecule has 0 radical (unpaired) electrons.